The number of nitrogens with one attached hydrogen (secondary N) is 1. The van der Waals surface area contributed by atoms with Crippen molar-refractivity contribution in [3.05, 3.63) is 36.0 Å². The predicted octanol–water partition coefficient (Wildman–Crippen LogP) is 4.74. The summed E-state index contributed by atoms with van der Waals surface area (Å²) in [5, 5.41) is 2.99. The van der Waals surface area contributed by atoms with Gasteiger partial charge in [0.15, 0.2) is 0 Å². The highest BCUT2D eigenvalue weighted by Gasteiger charge is 2.23. The van der Waals surface area contributed by atoms with Gasteiger partial charge in [-0.2, -0.15) is 0 Å². The van der Waals surface area contributed by atoms with E-state index in [4.69, 9.17) is 9.47 Å². The van der Waals surface area contributed by atoms with Crippen molar-refractivity contribution in [2.45, 2.75) is 58.1 Å². The third kappa shape index (κ3) is 5.44. The van der Waals surface area contributed by atoms with Crippen molar-refractivity contribution in [1.29, 1.82) is 0 Å². The smallest absolute Gasteiger partial charge is 0.407 e. The fraction of sp³-hybridized carbons (Fsp3) is 0.500. The van der Waals surface area contributed by atoms with E-state index >= 15 is 0 Å². The molecule has 0 atom stereocenters. The van der Waals surface area contributed by atoms with Gasteiger partial charge in [0.05, 0.1) is 18.1 Å². The van der Waals surface area contributed by atoms with Crippen LogP contribution < -0.4 is 10.1 Å². The van der Waals surface area contributed by atoms with Crippen LogP contribution in [0.25, 0.3) is 17.1 Å². The number of hydrogen-bond donors (Lipinski definition) is 1. The van der Waals surface area contributed by atoms with Crippen molar-refractivity contribution < 1.29 is 14.3 Å². The number of aromatic nitrogens is 2. The van der Waals surface area contributed by atoms with E-state index in [0.29, 0.717) is 11.8 Å². The van der Waals surface area contributed by atoms with Gasteiger partial charge in [-0.1, -0.05) is 12.2 Å². The zero-order chi connectivity index (χ0) is 20.1. The van der Waals surface area contributed by atoms with Gasteiger partial charge in [-0.15, -0.1) is 0 Å². The molecule has 0 spiro atoms. The molecule has 0 unspecified atom stereocenters. The normalized spacial score (nSPS) is 20.3. The number of allylic oxidation sites excluding steroid dienone is 1. The van der Waals surface area contributed by atoms with Crippen LogP contribution in [0.4, 0.5) is 4.79 Å². The van der Waals surface area contributed by atoms with Gasteiger partial charge in [0.25, 0.3) is 0 Å². The number of carbonyl (C=O) groups excluding carboxylic acids is 1. The first-order valence-electron chi connectivity index (χ1n) is 9.81. The highest BCUT2D eigenvalue weighted by Crippen LogP contribution is 2.27. The van der Waals surface area contributed by atoms with Crippen molar-refractivity contribution in [2.24, 2.45) is 5.92 Å². The number of amides is 1. The number of rotatable bonds is 4. The SMILES string of the molecule is COc1ccc2nccc(/C=C/[C@H]3CC[C@H](NC(=O)OC(C)(C)C)CC3)c2n1. The summed E-state index contributed by atoms with van der Waals surface area (Å²) in [6, 6.07) is 5.90. The molecule has 0 radical (unpaired) electrons. The van der Waals surface area contributed by atoms with E-state index in [-0.39, 0.29) is 12.1 Å². The Morgan fingerprint density at radius 3 is 2.61 bits per heavy atom. The Morgan fingerprint density at radius 1 is 1.18 bits per heavy atom. The van der Waals surface area contributed by atoms with Crippen molar-refractivity contribution in [1.82, 2.24) is 15.3 Å². The molecule has 1 amide bonds. The van der Waals surface area contributed by atoms with Gasteiger partial charge in [-0.05, 0) is 64.5 Å². The highest BCUT2D eigenvalue weighted by molar-refractivity contribution is 5.84. The Balaban J connectivity index is 1.58. The molecule has 1 N–H and O–H groups in total. The Hall–Kier alpha value is -2.63. The van der Waals surface area contributed by atoms with E-state index in [0.717, 1.165) is 42.3 Å². The lowest BCUT2D eigenvalue weighted by molar-refractivity contribution is 0.0490. The minimum atomic E-state index is -0.464. The molecule has 0 saturated heterocycles. The number of nitrogens with zero attached hydrogens (tertiary/aromatic N) is 2. The third-order valence-electron chi connectivity index (χ3n) is 4.84. The minimum Gasteiger partial charge on any atom is -0.481 e. The second-order valence-corrected chi connectivity index (χ2v) is 8.24. The van der Waals surface area contributed by atoms with Crippen molar-refractivity contribution in [2.75, 3.05) is 7.11 Å². The van der Waals surface area contributed by atoms with Crippen molar-refractivity contribution >= 4 is 23.2 Å². The van der Waals surface area contributed by atoms with E-state index in [1.165, 1.54) is 0 Å². The molecule has 1 aliphatic rings. The first kappa shape index (κ1) is 20.1. The molecule has 28 heavy (non-hydrogen) atoms. The lowest BCUT2D eigenvalue weighted by Gasteiger charge is -2.28. The number of alkyl carbamates (subject to hydrolysis) is 1. The zero-order valence-corrected chi connectivity index (χ0v) is 17.1. The van der Waals surface area contributed by atoms with Gasteiger partial charge in [0, 0.05) is 23.9 Å². The van der Waals surface area contributed by atoms with E-state index < -0.39 is 5.60 Å². The summed E-state index contributed by atoms with van der Waals surface area (Å²) in [7, 11) is 1.61. The summed E-state index contributed by atoms with van der Waals surface area (Å²) in [5.74, 6) is 1.08. The summed E-state index contributed by atoms with van der Waals surface area (Å²) in [6.07, 6.45) is 9.84. The van der Waals surface area contributed by atoms with Gasteiger partial charge in [0.1, 0.15) is 5.60 Å². The monoisotopic (exact) mass is 383 g/mol. The highest BCUT2D eigenvalue weighted by atomic mass is 16.6. The van der Waals surface area contributed by atoms with Crippen LogP contribution in [-0.2, 0) is 4.74 Å². The average molecular weight is 383 g/mol. The maximum absolute atomic E-state index is 11.9. The maximum Gasteiger partial charge on any atom is 0.407 e. The molecular weight excluding hydrogens is 354 g/mol. The van der Waals surface area contributed by atoms with Crippen LogP contribution in [-0.4, -0.2) is 34.8 Å². The van der Waals surface area contributed by atoms with Crippen LogP contribution in [0.5, 0.6) is 5.88 Å². The molecule has 6 nitrogen and oxygen atoms in total. The molecule has 2 aromatic heterocycles. The number of carbonyl (C=O) groups is 1. The fourth-order valence-corrected chi connectivity index (χ4v) is 3.45. The molecule has 2 heterocycles. The molecule has 0 bridgehead atoms. The molecular formula is C22H29N3O3. The number of fused-ring (bicyclic) bond motifs is 1. The number of ether oxygens (including phenoxy) is 2. The third-order valence-corrected chi connectivity index (χ3v) is 4.84. The van der Waals surface area contributed by atoms with Gasteiger partial charge < -0.3 is 14.8 Å². The first-order valence-corrected chi connectivity index (χ1v) is 9.81. The molecule has 6 heteroatoms. The molecule has 1 fully saturated rings. The van der Waals surface area contributed by atoms with E-state index in [1.54, 1.807) is 13.3 Å². The van der Waals surface area contributed by atoms with E-state index in [9.17, 15) is 4.79 Å². The lowest BCUT2D eigenvalue weighted by atomic mass is 9.85. The second kappa shape index (κ2) is 8.59. The minimum absolute atomic E-state index is 0.187. The lowest BCUT2D eigenvalue weighted by Crippen LogP contribution is -2.40. The molecule has 1 saturated carbocycles. The van der Waals surface area contributed by atoms with Gasteiger partial charge >= 0.3 is 6.09 Å². The van der Waals surface area contributed by atoms with Gasteiger partial charge in [-0.25, -0.2) is 9.78 Å². The van der Waals surface area contributed by atoms with Crippen LogP contribution in [0.3, 0.4) is 0 Å². The molecule has 3 rings (SSSR count). The quantitative estimate of drug-likeness (QED) is 0.826. The summed E-state index contributed by atoms with van der Waals surface area (Å²) in [6.45, 7) is 5.63. The summed E-state index contributed by atoms with van der Waals surface area (Å²) in [5.41, 5.74) is 2.28. The summed E-state index contributed by atoms with van der Waals surface area (Å²) in [4.78, 5) is 20.8. The number of hydrogen-bond acceptors (Lipinski definition) is 5. The van der Waals surface area contributed by atoms with Crippen molar-refractivity contribution in [3.63, 3.8) is 0 Å². The zero-order valence-electron chi connectivity index (χ0n) is 17.1. The van der Waals surface area contributed by atoms with Gasteiger partial charge in [-0.3, -0.25) is 4.98 Å². The average Bonchev–Trinajstić information content (AvgIpc) is 2.65. The summed E-state index contributed by atoms with van der Waals surface area (Å²) < 4.78 is 10.6. The molecule has 150 valence electrons. The number of methoxy groups -OCH3 is 1. The van der Waals surface area contributed by atoms with Gasteiger partial charge in [0.2, 0.25) is 5.88 Å². The Bertz CT molecular complexity index is 850. The second-order valence-electron chi connectivity index (χ2n) is 8.24. The Labute approximate surface area is 166 Å². The predicted molar refractivity (Wildman–Crippen MR) is 110 cm³/mol. The van der Waals surface area contributed by atoms with Crippen LogP contribution in [0.2, 0.25) is 0 Å². The van der Waals surface area contributed by atoms with Crippen LogP contribution in [0.15, 0.2) is 30.5 Å². The Morgan fingerprint density at radius 2 is 1.93 bits per heavy atom. The van der Waals surface area contributed by atoms with Crippen molar-refractivity contribution in [3.8, 4) is 5.88 Å². The first-order chi connectivity index (χ1) is 13.3. The standard InChI is InChI=1S/C22H29N3O3/c1-22(2,3)28-21(26)24-17-9-6-15(7-10-17)5-8-16-13-14-23-18-11-12-19(27-4)25-20(16)18/h5,8,11-15,17H,6-7,9-10H2,1-4H3,(H,24,26)/b8-5+/t15-,17-. The molecule has 0 aliphatic heterocycles. The maximum atomic E-state index is 11.9. The van der Waals surface area contributed by atoms with Crippen LogP contribution in [0.1, 0.15) is 52.0 Å². The number of pyridine rings is 2. The molecule has 1 aliphatic carbocycles. The summed E-state index contributed by atoms with van der Waals surface area (Å²) >= 11 is 0. The molecule has 0 aromatic carbocycles. The topological polar surface area (TPSA) is 73.3 Å². The van der Waals surface area contributed by atoms with Crippen LogP contribution >= 0.6 is 0 Å². The molecule has 2 aromatic rings. The largest absolute Gasteiger partial charge is 0.481 e. The Kier molecular flexibility index (Phi) is 6.17. The van der Waals surface area contributed by atoms with E-state index in [2.05, 4.69) is 27.4 Å². The van der Waals surface area contributed by atoms with E-state index in [1.807, 2.05) is 39.0 Å². The fourth-order valence-electron chi connectivity index (χ4n) is 3.45. The van der Waals surface area contributed by atoms with Crippen LogP contribution in [0, 0.1) is 5.92 Å².